The minimum atomic E-state index is -0.398. The molecule has 1 rings (SSSR count). The summed E-state index contributed by atoms with van der Waals surface area (Å²) in [4.78, 5) is 15.5. The lowest BCUT2D eigenvalue weighted by atomic mass is 10.4. The molecule has 1 aromatic rings. The van der Waals surface area contributed by atoms with Gasteiger partial charge in [0, 0.05) is 0 Å². The number of aromatic nitrogens is 1. The number of nitrogens with zero attached hydrogens (tertiary/aromatic N) is 1. The maximum absolute atomic E-state index is 11.0. The second-order valence-corrected chi connectivity index (χ2v) is 3.26. The van der Waals surface area contributed by atoms with Gasteiger partial charge in [0.25, 0.3) is 0 Å². The van der Waals surface area contributed by atoms with Crippen molar-refractivity contribution in [3.05, 3.63) is 15.6 Å². The Morgan fingerprint density at radius 1 is 1.75 bits per heavy atom. The molecule has 0 spiro atoms. The zero-order chi connectivity index (χ0) is 9.14. The van der Waals surface area contributed by atoms with Crippen LogP contribution in [-0.4, -0.2) is 23.2 Å². The summed E-state index contributed by atoms with van der Waals surface area (Å²) in [5, 5.41) is 9.26. The van der Waals surface area contributed by atoms with E-state index in [-0.39, 0.29) is 6.61 Å². The fourth-order valence-corrected chi connectivity index (χ4v) is 1.64. The number of aliphatic hydroxyl groups excluding tert-OH is 1. The highest BCUT2D eigenvalue weighted by atomic mass is 32.1. The van der Waals surface area contributed by atoms with Gasteiger partial charge in [-0.2, -0.15) is 0 Å². The third kappa shape index (κ3) is 1.62. The molecule has 1 N–H and O–H groups in total. The van der Waals surface area contributed by atoms with Crippen LogP contribution in [0.3, 0.4) is 0 Å². The van der Waals surface area contributed by atoms with Crippen LogP contribution in [0.4, 0.5) is 0 Å². The number of esters is 1. The lowest BCUT2D eigenvalue weighted by Gasteiger charge is -1.93. The smallest absolute Gasteiger partial charge is 0.349 e. The molecular formula is C7H9NO3S. The van der Waals surface area contributed by atoms with E-state index >= 15 is 0 Å². The summed E-state index contributed by atoms with van der Waals surface area (Å²) < 4.78 is 4.52. The van der Waals surface area contributed by atoms with Gasteiger partial charge in [0.15, 0.2) is 0 Å². The van der Waals surface area contributed by atoms with Crippen LogP contribution in [0, 0.1) is 6.92 Å². The molecule has 66 valence electrons. The highest BCUT2D eigenvalue weighted by Crippen LogP contribution is 2.18. The number of hydrogen-bond acceptors (Lipinski definition) is 5. The number of ether oxygens (including phenoxy) is 1. The van der Waals surface area contributed by atoms with E-state index in [2.05, 4.69) is 9.72 Å². The largest absolute Gasteiger partial charge is 0.465 e. The summed E-state index contributed by atoms with van der Waals surface area (Å²) in [5.41, 5.74) is 0.607. The van der Waals surface area contributed by atoms with E-state index in [0.717, 1.165) is 11.3 Å². The van der Waals surface area contributed by atoms with Gasteiger partial charge in [0.1, 0.15) is 9.88 Å². The molecule has 12 heavy (non-hydrogen) atoms. The van der Waals surface area contributed by atoms with Crippen LogP contribution in [0.1, 0.15) is 20.4 Å². The molecule has 0 aromatic carbocycles. The van der Waals surface area contributed by atoms with E-state index < -0.39 is 5.97 Å². The first-order chi connectivity index (χ1) is 5.69. The third-order valence-corrected chi connectivity index (χ3v) is 2.47. The van der Waals surface area contributed by atoms with Crippen molar-refractivity contribution >= 4 is 17.3 Å². The van der Waals surface area contributed by atoms with E-state index in [1.54, 1.807) is 6.92 Å². The summed E-state index contributed by atoms with van der Waals surface area (Å²) in [6.45, 7) is 1.57. The van der Waals surface area contributed by atoms with Gasteiger partial charge >= 0.3 is 5.97 Å². The molecule has 0 amide bonds. The van der Waals surface area contributed by atoms with Gasteiger partial charge < -0.3 is 9.84 Å². The first-order valence-corrected chi connectivity index (χ1v) is 4.16. The maximum atomic E-state index is 11.0. The van der Waals surface area contributed by atoms with Crippen molar-refractivity contribution in [2.45, 2.75) is 13.5 Å². The van der Waals surface area contributed by atoms with Crippen LogP contribution in [0.2, 0.25) is 0 Å². The number of rotatable bonds is 2. The normalized spacial score (nSPS) is 9.92. The number of aliphatic hydroxyl groups is 1. The third-order valence-electron chi connectivity index (χ3n) is 1.35. The Bertz CT molecular complexity index is 295. The van der Waals surface area contributed by atoms with Crippen molar-refractivity contribution < 1.29 is 14.6 Å². The van der Waals surface area contributed by atoms with Crippen molar-refractivity contribution in [2.75, 3.05) is 7.11 Å². The van der Waals surface area contributed by atoms with Gasteiger partial charge in [-0.3, -0.25) is 0 Å². The Kier molecular flexibility index (Phi) is 2.78. The van der Waals surface area contributed by atoms with Crippen LogP contribution >= 0.6 is 11.3 Å². The van der Waals surface area contributed by atoms with Crippen LogP contribution < -0.4 is 0 Å². The Labute approximate surface area is 73.8 Å². The van der Waals surface area contributed by atoms with Gasteiger partial charge in [-0.15, -0.1) is 11.3 Å². The summed E-state index contributed by atoms with van der Waals surface area (Å²) >= 11 is 1.16. The molecule has 0 aliphatic carbocycles. The summed E-state index contributed by atoms with van der Waals surface area (Å²) in [7, 11) is 1.32. The molecule has 4 nitrogen and oxygen atoms in total. The molecule has 0 aliphatic rings. The topological polar surface area (TPSA) is 59.4 Å². The van der Waals surface area contributed by atoms with Gasteiger partial charge in [-0.1, -0.05) is 0 Å². The highest BCUT2D eigenvalue weighted by molar-refractivity contribution is 7.13. The monoisotopic (exact) mass is 187 g/mol. The lowest BCUT2D eigenvalue weighted by Crippen LogP contribution is -1.99. The van der Waals surface area contributed by atoms with Crippen molar-refractivity contribution in [3.8, 4) is 0 Å². The van der Waals surface area contributed by atoms with E-state index in [1.807, 2.05) is 0 Å². The standard InChI is InChI=1S/C7H9NO3S/c1-4-6(7(10)11-2)12-5(3-9)8-4/h9H,3H2,1-2H3. The number of carbonyl (C=O) groups excluding carboxylic acids is 1. The molecule has 1 aromatic heterocycles. The zero-order valence-electron chi connectivity index (χ0n) is 6.83. The van der Waals surface area contributed by atoms with E-state index in [1.165, 1.54) is 7.11 Å². The van der Waals surface area contributed by atoms with Crippen LogP contribution in [0.15, 0.2) is 0 Å². The molecule has 0 saturated carbocycles. The second-order valence-electron chi connectivity index (χ2n) is 2.17. The molecular weight excluding hydrogens is 178 g/mol. The fraction of sp³-hybridized carbons (Fsp3) is 0.429. The minimum Gasteiger partial charge on any atom is -0.465 e. The van der Waals surface area contributed by atoms with Gasteiger partial charge in [-0.05, 0) is 6.92 Å². The van der Waals surface area contributed by atoms with Gasteiger partial charge in [-0.25, -0.2) is 9.78 Å². The van der Waals surface area contributed by atoms with Crippen molar-refractivity contribution in [3.63, 3.8) is 0 Å². The Balaban J connectivity index is 2.99. The average Bonchev–Trinajstić information content (AvgIpc) is 2.45. The second kappa shape index (κ2) is 3.64. The number of methoxy groups -OCH3 is 1. The number of hydrogen-bond donors (Lipinski definition) is 1. The summed E-state index contributed by atoms with van der Waals surface area (Å²) in [5.74, 6) is -0.398. The van der Waals surface area contributed by atoms with Crippen LogP contribution in [-0.2, 0) is 11.3 Å². The maximum Gasteiger partial charge on any atom is 0.349 e. The molecule has 0 saturated heterocycles. The number of carbonyl (C=O) groups is 1. The number of thiazole rings is 1. The summed E-state index contributed by atoms with van der Waals surface area (Å²) in [6.07, 6.45) is 0. The first kappa shape index (κ1) is 9.15. The molecule has 0 bridgehead atoms. The molecule has 5 heteroatoms. The lowest BCUT2D eigenvalue weighted by molar-refractivity contribution is 0.0605. The fourth-order valence-electron chi connectivity index (χ4n) is 0.802. The predicted octanol–water partition coefficient (Wildman–Crippen LogP) is 0.730. The van der Waals surface area contributed by atoms with E-state index in [4.69, 9.17) is 5.11 Å². The average molecular weight is 187 g/mol. The van der Waals surface area contributed by atoms with Gasteiger partial charge in [0.2, 0.25) is 0 Å². The van der Waals surface area contributed by atoms with Crippen molar-refractivity contribution in [1.82, 2.24) is 4.98 Å². The molecule has 0 radical (unpaired) electrons. The molecule has 1 heterocycles. The van der Waals surface area contributed by atoms with Crippen LogP contribution in [0.5, 0.6) is 0 Å². The molecule has 0 aliphatic heterocycles. The SMILES string of the molecule is COC(=O)c1sc(CO)nc1C. The van der Waals surface area contributed by atoms with Gasteiger partial charge in [0.05, 0.1) is 19.4 Å². The Morgan fingerprint density at radius 2 is 2.42 bits per heavy atom. The Morgan fingerprint density at radius 3 is 2.83 bits per heavy atom. The molecule has 0 unspecified atom stereocenters. The highest BCUT2D eigenvalue weighted by Gasteiger charge is 2.14. The first-order valence-electron chi connectivity index (χ1n) is 3.34. The van der Waals surface area contributed by atoms with E-state index in [9.17, 15) is 4.79 Å². The predicted molar refractivity (Wildman–Crippen MR) is 44.1 cm³/mol. The van der Waals surface area contributed by atoms with Crippen molar-refractivity contribution in [2.24, 2.45) is 0 Å². The molecule has 0 fully saturated rings. The number of aryl methyl sites for hydroxylation is 1. The van der Waals surface area contributed by atoms with E-state index in [0.29, 0.717) is 15.6 Å². The minimum absolute atomic E-state index is 0.136. The van der Waals surface area contributed by atoms with Crippen LogP contribution in [0.25, 0.3) is 0 Å². The zero-order valence-corrected chi connectivity index (χ0v) is 7.64. The summed E-state index contributed by atoms with van der Waals surface area (Å²) in [6, 6.07) is 0. The van der Waals surface area contributed by atoms with Crippen molar-refractivity contribution in [1.29, 1.82) is 0 Å². The Hall–Kier alpha value is -0.940. The molecule has 0 atom stereocenters. The quantitative estimate of drug-likeness (QED) is 0.693.